The summed E-state index contributed by atoms with van der Waals surface area (Å²) in [6.45, 7) is 4.50. The molecule has 1 amide bonds. The normalized spacial score (nSPS) is 24.0. The van der Waals surface area contributed by atoms with E-state index in [9.17, 15) is 18.0 Å². The summed E-state index contributed by atoms with van der Waals surface area (Å²) in [7, 11) is 3.49. The van der Waals surface area contributed by atoms with Crippen molar-refractivity contribution in [2.24, 2.45) is 0 Å². The number of carbonyl (C=O) groups is 2. The number of nitrogens with zero attached hydrogens (tertiary/aromatic N) is 2. The molecule has 1 aliphatic heterocycles. The van der Waals surface area contributed by atoms with Crippen molar-refractivity contribution in [3.8, 4) is 0 Å². The number of rotatable bonds is 5. The Bertz CT molecular complexity index is 721. The molecule has 0 unspecified atom stereocenters. The van der Waals surface area contributed by atoms with Crippen molar-refractivity contribution in [1.29, 1.82) is 0 Å². The van der Waals surface area contributed by atoms with Gasteiger partial charge in [0.05, 0.1) is 25.4 Å². The fourth-order valence-electron chi connectivity index (χ4n) is 3.44. The van der Waals surface area contributed by atoms with E-state index < -0.39 is 12.1 Å². The second-order valence-electron chi connectivity index (χ2n) is 7.40. The third kappa shape index (κ3) is 6.71. The van der Waals surface area contributed by atoms with E-state index in [0.29, 0.717) is 12.6 Å². The molecule has 8 nitrogen and oxygen atoms in total. The summed E-state index contributed by atoms with van der Waals surface area (Å²) < 4.78 is 49.2. The lowest BCUT2D eigenvalue weighted by Crippen LogP contribution is -2.51. The zero-order valence-electron chi connectivity index (χ0n) is 17.1. The second-order valence-corrected chi connectivity index (χ2v) is 7.40. The molecule has 11 heteroatoms. The molecule has 1 N–H and O–H groups in total. The smallest absolute Gasteiger partial charge is 0.475 e. The average molecular weight is 436 g/mol. The van der Waals surface area contributed by atoms with Crippen LogP contribution in [0.4, 0.5) is 13.2 Å². The van der Waals surface area contributed by atoms with Crippen molar-refractivity contribution in [1.82, 2.24) is 9.80 Å². The van der Waals surface area contributed by atoms with Gasteiger partial charge in [0.2, 0.25) is 5.91 Å². The number of aliphatic carboxylic acids is 1. The van der Waals surface area contributed by atoms with Crippen LogP contribution < -0.4 is 0 Å². The number of fused-ring (bicyclic) bond motifs is 1. The Balaban J connectivity index is 0.000000396. The Labute approximate surface area is 172 Å². The van der Waals surface area contributed by atoms with Crippen LogP contribution in [0.25, 0.3) is 0 Å². The number of amides is 1. The van der Waals surface area contributed by atoms with Crippen molar-refractivity contribution in [3.05, 3.63) is 23.7 Å². The number of carboxylic acid groups (broad SMARTS) is 1. The summed E-state index contributed by atoms with van der Waals surface area (Å²) in [4.78, 5) is 24.6. The minimum absolute atomic E-state index is 0.00466. The number of hydrogen-bond donors (Lipinski definition) is 1. The van der Waals surface area contributed by atoms with Gasteiger partial charge < -0.3 is 23.9 Å². The second kappa shape index (κ2) is 10.3. The minimum Gasteiger partial charge on any atom is -0.475 e. The van der Waals surface area contributed by atoms with Crippen LogP contribution in [0, 0.1) is 6.92 Å². The molecular weight excluding hydrogens is 409 g/mol. The van der Waals surface area contributed by atoms with Crippen LogP contribution >= 0.6 is 0 Å². The highest BCUT2D eigenvalue weighted by molar-refractivity contribution is 5.76. The van der Waals surface area contributed by atoms with Crippen LogP contribution in [-0.4, -0.2) is 85.1 Å². The highest BCUT2D eigenvalue weighted by Crippen LogP contribution is 2.33. The van der Waals surface area contributed by atoms with E-state index in [-0.39, 0.29) is 24.7 Å². The number of carbonyl (C=O) groups excluding carboxylic acids is 1. The van der Waals surface area contributed by atoms with Gasteiger partial charge in [0.25, 0.3) is 0 Å². The fraction of sp³-hybridized carbons (Fsp3) is 0.684. The SMILES string of the molecule is Cc1ccc(CN2CCO[C@H]3[C@H](OCC(=O)N(C)C)CC[C@@H]32)o1.O=C(O)C(F)(F)F. The maximum atomic E-state index is 11.7. The zero-order valence-corrected chi connectivity index (χ0v) is 17.1. The molecule has 0 aromatic carbocycles. The molecular formula is C19H27F3N2O6. The number of furan rings is 1. The predicted octanol–water partition coefficient (Wildman–Crippen LogP) is 2.06. The van der Waals surface area contributed by atoms with Crippen LogP contribution in [0.5, 0.6) is 0 Å². The van der Waals surface area contributed by atoms with Crippen LogP contribution in [0.1, 0.15) is 24.4 Å². The Morgan fingerprint density at radius 2 is 1.97 bits per heavy atom. The molecule has 3 atom stereocenters. The number of alkyl halides is 3. The molecule has 0 bridgehead atoms. The average Bonchev–Trinajstić information content (AvgIpc) is 3.26. The van der Waals surface area contributed by atoms with Gasteiger partial charge in [-0.25, -0.2) is 4.79 Å². The van der Waals surface area contributed by atoms with Crippen molar-refractivity contribution < 1.29 is 41.8 Å². The topological polar surface area (TPSA) is 92.5 Å². The van der Waals surface area contributed by atoms with Crippen molar-refractivity contribution in [2.45, 2.75) is 50.7 Å². The minimum atomic E-state index is -5.08. The standard InChI is InChI=1S/C17H26N2O4.C2HF3O2/c1-12-4-5-13(23-12)10-19-8-9-21-17-14(19)6-7-15(17)22-11-16(20)18(2)3;3-2(4,5)1(6)7/h4-5,14-15,17H,6-11H2,1-3H3;(H,6,7)/t14-,15+,17+;/m0./s1. The van der Waals surface area contributed by atoms with E-state index in [1.807, 2.05) is 19.1 Å². The van der Waals surface area contributed by atoms with E-state index in [4.69, 9.17) is 23.8 Å². The van der Waals surface area contributed by atoms with Gasteiger partial charge in [0, 0.05) is 26.7 Å². The molecule has 1 saturated carbocycles. The van der Waals surface area contributed by atoms with Gasteiger partial charge in [0.15, 0.2) is 0 Å². The molecule has 0 spiro atoms. The number of halogens is 3. The van der Waals surface area contributed by atoms with Crippen LogP contribution in [0.3, 0.4) is 0 Å². The monoisotopic (exact) mass is 436 g/mol. The molecule has 170 valence electrons. The van der Waals surface area contributed by atoms with Gasteiger partial charge >= 0.3 is 12.1 Å². The number of ether oxygens (including phenoxy) is 2. The first-order valence-corrected chi connectivity index (χ1v) is 9.52. The fourth-order valence-corrected chi connectivity index (χ4v) is 3.44. The number of carboxylic acids is 1. The van der Waals surface area contributed by atoms with Crippen molar-refractivity contribution in [3.63, 3.8) is 0 Å². The molecule has 30 heavy (non-hydrogen) atoms. The summed E-state index contributed by atoms with van der Waals surface area (Å²) in [5.41, 5.74) is 0. The first-order chi connectivity index (χ1) is 14.0. The molecule has 0 radical (unpaired) electrons. The lowest BCUT2D eigenvalue weighted by molar-refractivity contribution is -0.192. The molecule has 1 aromatic rings. The number of aryl methyl sites for hydroxylation is 1. The summed E-state index contributed by atoms with van der Waals surface area (Å²) in [6.07, 6.45) is -3.06. The van der Waals surface area contributed by atoms with Crippen LogP contribution in [0.2, 0.25) is 0 Å². The molecule has 2 fully saturated rings. The lowest BCUT2D eigenvalue weighted by Gasteiger charge is -2.38. The van der Waals surface area contributed by atoms with Gasteiger partial charge in [-0.2, -0.15) is 13.2 Å². The number of hydrogen-bond acceptors (Lipinski definition) is 6. The maximum Gasteiger partial charge on any atom is 0.490 e. The molecule has 2 aliphatic rings. The Kier molecular flexibility index (Phi) is 8.27. The molecule has 1 aromatic heterocycles. The van der Waals surface area contributed by atoms with Crippen LogP contribution in [-0.2, 0) is 25.6 Å². The first-order valence-electron chi connectivity index (χ1n) is 9.52. The van der Waals surface area contributed by atoms with Gasteiger partial charge in [-0.05, 0) is 31.9 Å². The highest BCUT2D eigenvalue weighted by Gasteiger charge is 2.43. The van der Waals surface area contributed by atoms with Gasteiger partial charge in [-0.3, -0.25) is 9.69 Å². The maximum absolute atomic E-state index is 11.7. The Morgan fingerprint density at radius 3 is 2.50 bits per heavy atom. The van der Waals surface area contributed by atoms with E-state index in [0.717, 1.165) is 37.5 Å². The zero-order chi connectivity index (χ0) is 22.5. The quantitative estimate of drug-likeness (QED) is 0.755. The summed E-state index contributed by atoms with van der Waals surface area (Å²) in [5.74, 6) is -0.824. The Morgan fingerprint density at radius 1 is 1.30 bits per heavy atom. The van der Waals surface area contributed by atoms with E-state index in [1.165, 1.54) is 0 Å². The highest BCUT2D eigenvalue weighted by atomic mass is 19.4. The summed E-state index contributed by atoms with van der Waals surface area (Å²) in [5, 5.41) is 7.12. The number of morpholine rings is 1. The van der Waals surface area contributed by atoms with Gasteiger partial charge in [-0.15, -0.1) is 0 Å². The molecule has 2 heterocycles. The van der Waals surface area contributed by atoms with Crippen LogP contribution in [0.15, 0.2) is 16.5 Å². The lowest BCUT2D eigenvalue weighted by atomic mass is 10.1. The van der Waals surface area contributed by atoms with Gasteiger partial charge in [-0.1, -0.05) is 0 Å². The molecule has 3 rings (SSSR count). The van der Waals surface area contributed by atoms with E-state index in [1.54, 1.807) is 19.0 Å². The number of likely N-dealkylation sites (N-methyl/N-ethyl adjacent to an activating group) is 1. The molecule has 1 saturated heterocycles. The van der Waals surface area contributed by atoms with Gasteiger partial charge in [0.1, 0.15) is 18.1 Å². The summed E-state index contributed by atoms with van der Waals surface area (Å²) in [6, 6.07) is 4.38. The molecule has 1 aliphatic carbocycles. The van der Waals surface area contributed by atoms with E-state index >= 15 is 0 Å². The Hall–Kier alpha value is -2.11. The largest absolute Gasteiger partial charge is 0.490 e. The third-order valence-electron chi connectivity index (χ3n) is 4.97. The summed E-state index contributed by atoms with van der Waals surface area (Å²) >= 11 is 0. The first kappa shape index (κ1) is 24.2. The third-order valence-corrected chi connectivity index (χ3v) is 4.97. The van der Waals surface area contributed by atoms with E-state index in [2.05, 4.69) is 4.90 Å². The van der Waals surface area contributed by atoms with Crippen molar-refractivity contribution in [2.75, 3.05) is 33.9 Å². The predicted molar refractivity (Wildman–Crippen MR) is 98.7 cm³/mol. The van der Waals surface area contributed by atoms with Crippen molar-refractivity contribution >= 4 is 11.9 Å².